The molecule has 1 amide bonds. The summed E-state index contributed by atoms with van der Waals surface area (Å²) >= 11 is 0. The topological polar surface area (TPSA) is 55.1 Å². The lowest BCUT2D eigenvalue weighted by molar-refractivity contribution is -0.127. The lowest BCUT2D eigenvalue weighted by atomic mass is 9.77. The molecule has 0 aliphatic heterocycles. The number of carbonyl (C=O) groups is 1. The van der Waals surface area contributed by atoms with E-state index in [0.717, 1.165) is 31.6 Å². The van der Waals surface area contributed by atoms with Crippen LogP contribution in [0, 0.1) is 17.8 Å². The molecule has 0 saturated heterocycles. The first-order chi connectivity index (χ1) is 8.59. The molecule has 2 fully saturated rings. The number of hydrogen-bond donors (Lipinski definition) is 2. The third-order valence-corrected chi connectivity index (χ3v) is 5.19. The van der Waals surface area contributed by atoms with Gasteiger partial charge in [0.05, 0.1) is 5.92 Å². The van der Waals surface area contributed by atoms with Crippen molar-refractivity contribution in [1.82, 2.24) is 5.32 Å². The molecule has 5 unspecified atom stereocenters. The molecule has 104 valence electrons. The van der Waals surface area contributed by atoms with Crippen LogP contribution in [0.15, 0.2) is 0 Å². The van der Waals surface area contributed by atoms with Crippen LogP contribution in [0.25, 0.3) is 0 Å². The first-order valence-electron chi connectivity index (χ1n) is 7.65. The summed E-state index contributed by atoms with van der Waals surface area (Å²) in [5, 5.41) is 3.28. The second kappa shape index (κ2) is 6.05. The highest BCUT2D eigenvalue weighted by Crippen LogP contribution is 2.30. The molecule has 3 N–H and O–H groups in total. The molecule has 0 aromatic rings. The molecule has 18 heavy (non-hydrogen) atoms. The summed E-state index contributed by atoms with van der Waals surface area (Å²) in [6.07, 6.45) is 8.01. The summed E-state index contributed by atoms with van der Waals surface area (Å²) < 4.78 is 0. The maximum atomic E-state index is 12.3. The minimum absolute atomic E-state index is 0.0585. The summed E-state index contributed by atoms with van der Waals surface area (Å²) in [5.41, 5.74) is 6.09. The van der Waals surface area contributed by atoms with E-state index in [0.29, 0.717) is 12.0 Å². The van der Waals surface area contributed by atoms with Gasteiger partial charge in [-0.05, 0) is 31.1 Å². The van der Waals surface area contributed by atoms with Gasteiger partial charge in [0.2, 0.25) is 5.91 Å². The van der Waals surface area contributed by atoms with Crippen LogP contribution in [0.3, 0.4) is 0 Å². The predicted molar refractivity (Wildman–Crippen MR) is 74.0 cm³/mol. The van der Waals surface area contributed by atoms with Gasteiger partial charge in [-0.15, -0.1) is 0 Å². The summed E-state index contributed by atoms with van der Waals surface area (Å²) in [4.78, 5) is 12.3. The SMILES string of the molecule is CC1CCCC(NC(=O)C2CCCCC2N)C1C. The zero-order valence-corrected chi connectivity index (χ0v) is 11.8. The van der Waals surface area contributed by atoms with E-state index in [1.807, 2.05) is 0 Å². The van der Waals surface area contributed by atoms with Crippen molar-refractivity contribution in [3.8, 4) is 0 Å². The van der Waals surface area contributed by atoms with Crippen LogP contribution in [0.1, 0.15) is 58.8 Å². The van der Waals surface area contributed by atoms with E-state index < -0.39 is 0 Å². The Kier molecular flexibility index (Phi) is 4.66. The molecule has 3 nitrogen and oxygen atoms in total. The van der Waals surface area contributed by atoms with Crippen molar-refractivity contribution in [2.75, 3.05) is 0 Å². The summed E-state index contributed by atoms with van der Waals surface area (Å²) in [6.45, 7) is 4.57. The van der Waals surface area contributed by atoms with Crippen molar-refractivity contribution >= 4 is 5.91 Å². The van der Waals surface area contributed by atoms with E-state index in [-0.39, 0.29) is 17.9 Å². The molecule has 2 aliphatic rings. The van der Waals surface area contributed by atoms with E-state index >= 15 is 0 Å². The highest BCUT2D eigenvalue weighted by molar-refractivity contribution is 5.79. The average Bonchev–Trinajstić information content (AvgIpc) is 2.35. The third-order valence-electron chi connectivity index (χ3n) is 5.19. The Bertz CT molecular complexity index is 292. The van der Waals surface area contributed by atoms with Crippen molar-refractivity contribution in [3.05, 3.63) is 0 Å². The fourth-order valence-corrected chi connectivity index (χ4v) is 3.56. The fourth-order valence-electron chi connectivity index (χ4n) is 3.56. The Balaban J connectivity index is 1.89. The largest absolute Gasteiger partial charge is 0.353 e. The third kappa shape index (κ3) is 3.05. The molecule has 5 atom stereocenters. The first-order valence-corrected chi connectivity index (χ1v) is 7.65. The number of rotatable bonds is 2. The van der Waals surface area contributed by atoms with Crippen LogP contribution in [0.5, 0.6) is 0 Å². The Morgan fingerprint density at radius 2 is 1.78 bits per heavy atom. The van der Waals surface area contributed by atoms with E-state index in [9.17, 15) is 4.79 Å². The van der Waals surface area contributed by atoms with Crippen LogP contribution in [-0.2, 0) is 4.79 Å². The zero-order valence-electron chi connectivity index (χ0n) is 11.8. The summed E-state index contributed by atoms with van der Waals surface area (Å²) in [5.74, 6) is 1.60. The summed E-state index contributed by atoms with van der Waals surface area (Å²) in [7, 11) is 0. The molecular weight excluding hydrogens is 224 g/mol. The molecular formula is C15H28N2O. The van der Waals surface area contributed by atoms with Crippen molar-refractivity contribution in [2.45, 2.75) is 70.9 Å². The molecule has 0 spiro atoms. The molecule has 0 bridgehead atoms. The van der Waals surface area contributed by atoms with E-state index in [2.05, 4.69) is 19.2 Å². The number of carbonyl (C=O) groups excluding carboxylic acids is 1. The lowest BCUT2D eigenvalue weighted by Crippen LogP contribution is -2.50. The van der Waals surface area contributed by atoms with Gasteiger partial charge in [0.15, 0.2) is 0 Å². The van der Waals surface area contributed by atoms with Crippen LogP contribution in [0.4, 0.5) is 0 Å². The molecule has 0 aromatic carbocycles. The highest BCUT2D eigenvalue weighted by atomic mass is 16.2. The van der Waals surface area contributed by atoms with Gasteiger partial charge in [0.25, 0.3) is 0 Å². The molecule has 0 radical (unpaired) electrons. The van der Waals surface area contributed by atoms with Crippen LogP contribution < -0.4 is 11.1 Å². The van der Waals surface area contributed by atoms with Crippen LogP contribution >= 0.6 is 0 Å². The molecule has 2 saturated carbocycles. The van der Waals surface area contributed by atoms with E-state index in [4.69, 9.17) is 5.73 Å². The van der Waals surface area contributed by atoms with E-state index in [1.165, 1.54) is 19.3 Å². The average molecular weight is 252 g/mol. The van der Waals surface area contributed by atoms with Gasteiger partial charge in [-0.25, -0.2) is 0 Å². The van der Waals surface area contributed by atoms with Gasteiger partial charge in [-0.2, -0.15) is 0 Å². The standard InChI is InChI=1S/C15H28N2O/c1-10-6-5-9-14(11(10)2)17-15(18)12-7-3-4-8-13(12)16/h10-14H,3-9,16H2,1-2H3,(H,17,18). The number of amides is 1. The Morgan fingerprint density at radius 3 is 2.50 bits per heavy atom. The maximum Gasteiger partial charge on any atom is 0.224 e. The van der Waals surface area contributed by atoms with E-state index in [1.54, 1.807) is 0 Å². The maximum absolute atomic E-state index is 12.3. The number of nitrogens with two attached hydrogens (primary N) is 1. The van der Waals surface area contributed by atoms with Gasteiger partial charge in [-0.1, -0.05) is 39.5 Å². The second-order valence-corrected chi connectivity index (χ2v) is 6.44. The fraction of sp³-hybridized carbons (Fsp3) is 0.933. The quantitative estimate of drug-likeness (QED) is 0.793. The Hall–Kier alpha value is -0.570. The van der Waals surface area contributed by atoms with Gasteiger partial charge < -0.3 is 11.1 Å². The number of hydrogen-bond acceptors (Lipinski definition) is 2. The number of nitrogens with one attached hydrogen (secondary N) is 1. The zero-order chi connectivity index (χ0) is 13.1. The lowest BCUT2D eigenvalue weighted by Gasteiger charge is -2.36. The monoisotopic (exact) mass is 252 g/mol. The Labute approximate surface area is 111 Å². The van der Waals surface area contributed by atoms with Gasteiger partial charge in [0, 0.05) is 12.1 Å². The van der Waals surface area contributed by atoms with Gasteiger partial charge in [-0.3, -0.25) is 4.79 Å². The van der Waals surface area contributed by atoms with Gasteiger partial charge in [0.1, 0.15) is 0 Å². The Morgan fingerprint density at radius 1 is 1.06 bits per heavy atom. The minimum atomic E-state index is 0.0585. The predicted octanol–water partition coefficient (Wildman–Crippen LogP) is 2.44. The minimum Gasteiger partial charge on any atom is -0.353 e. The van der Waals surface area contributed by atoms with Gasteiger partial charge >= 0.3 is 0 Å². The van der Waals surface area contributed by atoms with Crippen LogP contribution in [-0.4, -0.2) is 18.0 Å². The molecule has 3 heteroatoms. The molecule has 2 rings (SSSR count). The smallest absolute Gasteiger partial charge is 0.224 e. The van der Waals surface area contributed by atoms with Crippen molar-refractivity contribution < 1.29 is 4.79 Å². The molecule has 2 aliphatic carbocycles. The molecule has 0 aromatic heterocycles. The highest BCUT2D eigenvalue weighted by Gasteiger charge is 2.33. The van der Waals surface area contributed by atoms with Crippen molar-refractivity contribution in [2.24, 2.45) is 23.5 Å². The second-order valence-electron chi connectivity index (χ2n) is 6.44. The van der Waals surface area contributed by atoms with Crippen molar-refractivity contribution in [1.29, 1.82) is 0 Å². The molecule has 0 heterocycles. The first kappa shape index (κ1) is 13.9. The van der Waals surface area contributed by atoms with Crippen LogP contribution in [0.2, 0.25) is 0 Å². The van der Waals surface area contributed by atoms with Crippen molar-refractivity contribution in [3.63, 3.8) is 0 Å². The summed E-state index contributed by atoms with van der Waals surface area (Å²) in [6, 6.07) is 0.449. The normalized spacial score (nSPS) is 41.4.